The van der Waals surface area contributed by atoms with Gasteiger partial charge in [-0.25, -0.2) is 0 Å². The molecule has 3 heterocycles. The normalized spacial score (nSPS) is 13.1. The topological polar surface area (TPSA) is 63.1 Å². The summed E-state index contributed by atoms with van der Waals surface area (Å²) in [5, 5.41) is 8.90. The van der Waals surface area contributed by atoms with Crippen molar-refractivity contribution >= 4 is 49.7 Å². The maximum atomic E-state index is 13.6. The van der Waals surface area contributed by atoms with Crippen LogP contribution in [0, 0.1) is 0 Å². The van der Waals surface area contributed by atoms with E-state index in [4.69, 9.17) is 0 Å². The molecule has 4 aromatic rings. The van der Waals surface area contributed by atoms with E-state index in [2.05, 4.69) is 38.8 Å². The number of nitrogens with zero attached hydrogens (tertiary/aromatic N) is 1. The van der Waals surface area contributed by atoms with Gasteiger partial charge in [-0.2, -0.15) is 0 Å². The van der Waals surface area contributed by atoms with Crippen LogP contribution in [0.1, 0.15) is 63.0 Å². The van der Waals surface area contributed by atoms with Crippen LogP contribution < -0.4 is 10.6 Å². The lowest BCUT2D eigenvalue weighted by atomic mass is 9.95. The molecule has 2 amide bonds. The van der Waals surface area contributed by atoms with E-state index in [-0.39, 0.29) is 11.8 Å². The number of hydrogen-bond donors (Lipinski definition) is 2. The number of aryl methyl sites for hydroxylation is 3. The van der Waals surface area contributed by atoms with Gasteiger partial charge in [0.1, 0.15) is 10.7 Å². The van der Waals surface area contributed by atoms with Gasteiger partial charge in [0.25, 0.3) is 11.8 Å². The van der Waals surface area contributed by atoms with Crippen LogP contribution in [0.5, 0.6) is 0 Å². The number of carbonyl (C=O) groups excluding carboxylic acids is 2. The molecule has 176 valence electrons. The number of benzene rings is 1. The standard InChI is InChI=1S/C27H29N3O2S2/c1-2-14-28-26(32)24-19-10-6-7-11-22(19)34-27(24)29-25(31)21-17-23-20(13-16-33-23)30(21)15-12-18-8-4-3-5-9-18/h3-5,8-9,13,16-17H,2,6-7,10-12,14-15H2,1H3,(H,28,32)(H,29,31). The van der Waals surface area contributed by atoms with E-state index in [0.29, 0.717) is 22.8 Å². The minimum atomic E-state index is -0.153. The Balaban J connectivity index is 1.44. The van der Waals surface area contributed by atoms with Crippen LogP contribution in [-0.2, 0) is 25.8 Å². The van der Waals surface area contributed by atoms with Crippen molar-refractivity contribution in [1.82, 2.24) is 9.88 Å². The summed E-state index contributed by atoms with van der Waals surface area (Å²) in [4.78, 5) is 27.8. The van der Waals surface area contributed by atoms with Gasteiger partial charge in [-0.15, -0.1) is 22.7 Å². The molecule has 0 bridgehead atoms. The first-order valence-electron chi connectivity index (χ1n) is 12.0. The Hall–Kier alpha value is -2.90. The second-order valence-electron chi connectivity index (χ2n) is 8.71. The molecule has 0 unspecified atom stereocenters. The van der Waals surface area contributed by atoms with E-state index in [0.717, 1.165) is 60.8 Å². The monoisotopic (exact) mass is 491 g/mol. The molecule has 1 aliphatic carbocycles. The van der Waals surface area contributed by atoms with E-state index in [9.17, 15) is 9.59 Å². The summed E-state index contributed by atoms with van der Waals surface area (Å²) >= 11 is 3.22. The molecule has 3 aromatic heterocycles. The van der Waals surface area contributed by atoms with E-state index in [1.54, 1.807) is 22.7 Å². The molecule has 1 aliphatic rings. The number of amides is 2. The summed E-state index contributed by atoms with van der Waals surface area (Å²) in [6.07, 6.45) is 5.83. The molecule has 5 rings (SSSR count). The summed E-state index contributed by atoms with van der Waals surface area (Å²) in [6.45, 7) is 3.40. The first-order chi connectivity index (χ1) is 16.7. The second kappa shape index (κ2) is 10.2. The number of rotatable bonds is 8. The Labute approximate surface area is 207 Å². The van der Waals surface area contributed by atoms with Crippen molar-refractivity contribution in [2.75, 3.05) is 11.9 Å². The summed E-state index contributed by atoms with van der Waals surface area (Å²) in [5.74, 6) is -0.225. The smallest absolute Gasteiger partial charge is 0.272 e. The van der Waals surface area contributed by atoms with E-state index in [1.165, 1.54) is 10.4 Å². The number of anilines is 1. The third kappa shape index (κ3) is 4.55. The highest BCUT2D eigenvalue weighted by Crippen LogP contribution is 2.38. The third-order valence-corrected chi connectivity index (χ3v) is 8.44. The minimum absolute atomic E-state index is 0.0722. The lowest BCUT2D eigenvalue weighted by Gasteiger charge is -2.13. The second-order valence-corrected chi connectivity index (χ2v) is 10.8. The SMILES string of the molecule is CCCNC(=O)c1c(NC(=O)c2cc3sccc3n2CCc2ccccc2)sc2c1CCCC2. The third-order valence-electron chi connectivity index (χ3n) is 6.38. The number of nitrogens with one attached hydrogen (secondary N) is 2. The van der Waals surface area contributed by atoms with Gasteiger partial charge in [-0.3, -0.25) is 9.59 Å². The number of fused-ring (bicyclic) bond motifs is 2. The fraction of sp³-hybridized carbons (Fsp3) is 0.333. The number of aromatic nitrogens is 1. The summed E-state index contributed by atoms with van der Waals surface area (Å²) < 4.78 is 3.21. The van der Waals surface area contributed by atoms with Crippen molar-refractivity contribution in [2.24, 2.45) is 0 Å². The lowest BCUT2D eigenvalue weighted by Crippen LogP contribution is -2.26. The van der Waals surface area contributed by atoms with Crippen LogP contribution in [0.2, 0.25) is 0 Å². The minimum Gasteiger partial charge on any atom is -0.352 e. The molecule has 0 radical (unpaired) electrons. The molecular weight excluding hydrogens is 462 g/mol. The Morgan fingerprint density at radius 2 is 1.88 bits per heavy atom. The van der Waals surface area contributed by atoms with Gasteiger partial charge >= 0.3 is 0 Å². The van der Waals surface area contributed by atoms with E-state index >= 15 is 0 Å². The van der Waals surface area contributed by atoms with Gasteiger partial charge < -0.3 is 15.2 Å². The molecule has 7 heteroatoms. The molecular formula is C27H29N3O2S2. The van der Waals surface area contributed by atoms with Crippen LogP contribution >= 0.6 is 22.7 Å². The zero-order chi connectivity index (χ0) is 23.5. The van der Waals surface area contributed by atoms with Gasteiger partial charge in [-0.1, -0.05) is 37.3 Å². The molecule has 0 spiro atoms. The van der Waals surface area contributed by atoms with Gasteiger partial charge in [0.2, 0.25) is 0 Å². The first kappa shape index (κ1) is 22.9. The zero-order valence-electron chi connectivity index (χ0n) is 19.4. The molecule has 5 nitrogen and oxygen atoms in total. The van der Waals surface area contributed by atoms with Crippen molar-refractivity contribution in [3.63, 3.8) is 0 Å². The highest BCUT2D eigenvalue weighted by molar-refractivity contribution is 7.17. The van der Waals surface area contributed by atoms with Crippen LogP contribution in [0.4, 0.5) is 5.00 Å². The van der Waals surface area contributed by atoms with Crippen LogP contribution in [0.25, 0.3) is 10.2 Å². The molecule has 1 aromatic carbocycles. The highest BCUT2D eigenvalue weighted by atomic mass is 32.1. The van der Waals surface area contributed by atoms with Crippen molar-refractivity contribution in [3.05, 3.63) is 75.1 Å². The molecule has 0 atom stereocenters. The van der Waals surface area contributed by atoms with Gasteiger partial charge in [0.15, 0.2) is 0 Å². The van der Waals surface area contributed by atoms with Gasteiger partial charge in [0.05, 0.1) is 15.8 Å². The lowest BCUT2D eigenvalue weighted by molar-refractivity contribution is 0.0954. The van der Waals surface area contributed by atoms with E-state index in [1.807, 2.05) is 31.2 Å². The number of hydrogen-bond acceptors (Lipinski definition) is 4. The number of thiophene rings is 2. The van der Waals surface area contributed by atoms with Crippen molar-refractivity contribution < 1.29 is 9.59 Å². The molecule has 0 saturated carbocycles. The van der Waals surface area contributed by atoms with Crippen molar-refractivity contribution in [3.8, 4) is 0 Å². The molecule has 34 heavy (non-hydrogen) atoms. The maximum Gasteiger partial charge on any atom is 0.272 e. The molecule has 2 N–H and O–H groups in total. The van der Waals surface area contributed by atoms with Crippen LogP contribution in [0.15, 0.2) is 47.8 Å². The Morgan fingerprint density at radius 3 is 2.71 bits per heavy atom. The maximum absolute atomic E-state index is 13.6. The summed E-state index contributed by atoms with van der Waals surface area (Å²) in [7, 11) is 0. The number of carbonyl (C=O) groups is 2. The average Bonchev–Trinajstić information content (AvgIpc) is 3.54. The summed E-state index contributed by atoms with van der Waals surface area (Å²) in [5.41, 5.74) is 4.76. The summed E-state index contributed by atoms with van der Waals surface area (Å²) in [6, 6.07) is 14.4. The Bertz CT molecular complexity index is 1320. The quantitative estimate of drug-likeness (QED) is 0.305. The largest absolute Gasteiger partial charge is 0.352 e. The molecule has 0 saturated heterocycles. The average molecular weight is 492 g/mol. The van der Waals surface area contributed by atoms with Crippen LogP contribution in [0.3, 0.4) is 0 Å². The molecule has 0 fully saturated rings. The van der Waals surface area contributed by atoms with E-state index < -0.39 is 0 Å². The Morgan fingerprint density at radius 1 is 1.06 bits per heavy atom. The highest BCUT2D eigenvalue weighted by Gasteiger charge is 2.27. The van der Waals surface area contributed by atoms with Gasteiger partial charge in [-0.05, 0) is 67.2 Å². The van der Waals surface area contributed by atoms with Crippen molar-refractivity contribution in [2.45, 2.75) is 52.0 Å². The zero-order valence-corrected chi connectivity index (χ0v) is 21.0. The van der Waals surface area contributed by atoms with Gasteiger partial charge in [0, 0.05) is 18.0 Å². The fourth-order valence-electron chi connectivity index (χ4n) is 4.68. The fourth-order valence-corrected chi connectivity index (χ4v) is 6.78. The van der Waals surface area contributed by atoms with Crippen molar-refractivity contribution in [1.29, 1.82) is 0 Å². The molecule has 0 aliphatic heterocycles. The van der Waals surface area contributed by atoms with Crippen LogP contribution in [-0.4, -0.2) is 22.9 Å². The predicted molar refractivity (Wildman–Crippen MR) is 141 cm³/mol. The Kier molecular flexibility index (Phi) is 6.83. The predicted octanol–water partition coefficient (Wildman–Crippen LogP) is 6.28. The first-order valence-corrected chi connectivity index (χ1v) is 13.7.